The fourth-order valence-corrected chi connectivity index (χ4v) is 3.49. The van der Waals surface area contributed by atoms with Gasteiger partial charge in [-0.25, -0.2) is 4.79 Å². The maximum absolute atomic E-state index is 12.8. The average molecular weight is 495 g/mol. The topological polar surface area (TPSA) is 57.9 Å². The van der Waals surface area contributed by atoms with Crippen LogP contribution >= 0.6 is 0 Å². The first kappa shape index (κ1) is 29.0. The smallest absolute Gasteiger partial charge is 0.383 e. The summed E-state index contributed by atoms with van der Waals surface area (Å²) >= 11 is 0. The predicted octanol–water partition coefficient (Wildman–Crippen LogP) is 8.33. The van der Waals surface area contributed by atoms with Gasteiger partial charge in [0.25, 0.3) is 0 Å². The third-order valence-corrected chi connectivity index (χ3v) is 5.43. The Morgan fingerprint density at radius 2 is 1.50 bits per heavy atom. The molecule has 1 aromatic carbocycles. The van der Waals surface area contributed by atoms with Gasteiger partial charge in [-0.1, -0.05) is 55.4 Å². The number of hydrogen-bond donors (Lipinski definition) is 0. The van der Waals surface area contributed by atoms with E-state index in [4.69, 9.17) is 18.6 Å². The summed E-state index contributed by atoms with van der Waals surface area (Å²) in [6, 6.07) is 5.47. The number of fused-ring (bicyclic) bond motifs is 1. The lowest BCUT2D eigenvalue weighted by Gasteiger charge is -2.14. The Morgan fingerprint density at radius 1 is 0.833 bits per heavy atom. The molecule has 196 valence electrons. The highest BCUT2D eigenvalue weighted by Gasteiger charge is 2.18. The molecule has 0 spiro atoms. The molecule has 1 aromatic heterocycles. The highest BCUT2D eigenvalue weighted by atomic mass is 16.5. The molecule has 0 amide bonds. The third kappa shape index (κ3) is 10.2. The van der Waals surface area contributed by atoms with Crippen LogP contribution < -0.4 is 19.8 Å². The second-order valence-electron chi connectivity index (χ2n) is 8.92. The maximum atomic E-state index is 12.8. The van der Waals surface area contributed by atoms with Crippen LogP contribution in [0.3, 0.4) is 0 Å². The van der Waals surface area contributed by atoms with Crippen molar-refractivity contribution < 1.29 is 18.6 Å². The summed E-state index contributed by atoms with van der Waals surface area (Å²) in [7, 11) is 0. The SMILES string of the molecule is CCC=CCCOc1c(OCCC=CCC)c2ccc(OCC=C(C)CCC=C(C)C)cc2oc1=O. The molecular weight excluding hydrogens is 452 g/mol. The highest BCUT2D eigenvalue weighted by Crippen LogP contribution is 2.35. The Kier molecular flexibility index (Phi) is 13.3. The normalized spacial score (nSPS) is 12.0. The van der Waals surface area contributed by atoms with Crippen molar-refractivity contribution in [1.82, 2.24) is 0 Å². The van der Waals surface area contributed by atoms with Crippen molar-refractivity contribution in [3.8, 4) is 17.2 Å². The van der Waals surface area contributed by atoms with E-state index in [-0.39, 0.29) is 5.75 Å². The zero-order valence-electron chi connectivity index (χ0n) is 22.6. The van der Waals surface area contributed by atoms with Crippen molar-refractivity contribution in [2.75, 3.05) is 19.8 Å². The lowest BCUT2D eigenvalue weighted by molar-refractivity contribution is 0.265. The molecule has 5 nitrogen and oxygen atoms in total. The molecule has 0 unspecified atom stereocenters. The first-order valence-corrected chi connectivity index (χ1v) is 13.0. The van der Waals surface area contributed by atoms with Crippen molar-refractivity contribution in [1.29, 1.82) is 0 Å². The van der Waals surface area contributed by atoms with Gasteiger partial charge < -0.3 is 18.6 Å². The average Bonchev–Trinajstić information content (AvgIpc) is 2.84. The first-order valence-electron chi connectivity index (χ1n) is 13.0. The van der Waals surface area contributed by atoms with Gasteiger partial charge >= 0.3 is 5.63 Å². The monoisotopic (exact) mass is 494 g/mol. The van der Waals surface area contributed by atoms with Gasteiger partial charge in [-0.15, -0.1) is 0 Å². The summed E-state index contributed by atoms with van der Waals surface area (Å²) in [6.45, 7) is 11.8. The van der Waals surface area contributed by atoms with E-state index in [1.165, 1.54) is 11.1 Å². The molecule has 0 radical (unpaired) electrons. The minimum absolute atomic E-state index is 0.121. The zero-order chi connectivity index (χ0) is 26.2. The van der Waals surface area contributed by atoms with Gasteiger partial charge in [0, 0.05) is 6.07 Å². The van der Waals surface area contributed by atoms with E-state index in [0.29, 0.717) is 48.7 Å². The van der Waals surface area contributed by atoms with Crippen molar-refractivity contribution >= 4 is 11.0 Å². The molecule has 0 bridgehead atoms. The summed E-state index contributed by atoms with van der Waals surface area (Å²) < 4.78 is 23.4. The Morgan fingerprint density at radius 3 is 2.14 bits per heavy atom. The lowest BCUT2D eigenvalue weighted by Crippen LogP contribution is -2.11. The van der Waals surface area contributed by atoms with E-state index in [0.717, 1.165) is 32.1 Å². The van der Waals surface area contributed by atoms with Gasteiger partial charge in [-0.05, 0) is 77.5 Å². The zero-order valence-corrected chi connectivity index (χ0v) is 22.6. The van der Waals surface area contributed by atoms with Crippen molar-refractivity contribution in [3.05, 3.63) is 76.2 Å². The van der Waals surface area contributed by atoms with Crippen LogP contribution in [-0.4, -0.2) is 19.8 Å². The molecule has 0 aliphatic carbocycles. The quantitative estimate of drug-likeness (QED) is 0.133. The molecule has 2 rings (SSSR count). The van der Waals surface area contributed by atoms with Gasteiger partial charge in [0.2, 0.25) is 5.75 Å². The van der Waals surface area contributed by atoms with E-state index in [9.17, 15) is 4.79 Å². The van der Waals surface area contributed by atoms with Crippen LogP contribution in [-0.2, 0) is 0 Å². The number of hydrogen-bond acceptors (Lipinski definition) is 5. The molecule has 0 N–H and O–H groups in total. The fraction of sp³-hybridized carbons (Fsp3) is 0.452. The molecule has 0 aliphatic rings. The Hall–Kier alpha value is -3.21. The van der Waals surface area contributed by atoms with Crippen LogP contribution in [0.4, 0.5) is 0 Å². The first-order chi connectivity index (χ1) is 17.5. The van der Waals surface area contributed by atoms with Crippen LogP contribution in [0.5, 0.6) is 17.2 Å². The second-order valence-corrected chi connectivity index (χ2v) is 8.92. The standard InChI is InChI=1S/C31H42O5/c1-6-8-10-12-20-34-29-27-18-17-26(33-22-19-25(5)16-14-15-24(3)4)23-28(27)36-31(32)30(29)35-21-13-11-9-7-2/h8-11,15,17-19,23H,6-7,12-14,16,20-22H2,1-5H3. The van der Waals surface area contributed by atoms with E-state index < -0.39 is 5.63 Å². The summed E-state index contributed by atoms with van der Waals surface area (Å²) in [6.07, 6.45) is 18.0. The van der Waals surface area contributed by atoms with Gasteiger partial charge in [0.15, 0.2) is 5.75 Å². The van der Waals surface area contributed by atoms with Gasteiger partial charge in [0.1, 0.15) is 17.9 Å². The molecule has 5 heteroatoms. The lowest BCUT2D eigenvalue weighted by atomic mass is 10.1. The van der Waals surface area contributed by atoms with Gasteiger partial charge in [-0.2, -0.15) is 0 Å². The maximum Gasteiger partial charge on any atom is 0.383 e. The van der Waals surface area contributed by atoms with Crippen molar-refractivity contribution in [2.24, 2.45) is 0 Å². The molecule has 0 aliphatic heterocycles. The molecule has 0 saturated carbocycles. The predicted molar refractivity (Wildman–Crippen MR) is 149 cm³/mol. The summed E-state index contributed by atoms with van der Waals surface area (Å²) in [5.74, 6) is 1.18. The summed E-state index contributed by atoms with van der Waals surface area (Å²) in [5.41, 5.74) is 2.48. The largest absolute Gasteiger partial charge is 0.489 e. The van der Waals surface area contributed by atoms with E-state index in [2.05, 4.69) is 65.0 Å². The van der Waals surface area contributed by atoms with E-state index in [1.54, 1.807) is 6.07 Å². The van der Waals surface area contributed by atoms with Crippen LogP contribution in [0.1, 0.15) is 73.1 Å². The highest BCUT2D eigenvalue weighted by molar-refractivity contribution is 5.86. The second kappa shape index (κ2) is 16.5. The number of rotatable bonds is 16. The van der Waals surface area contributed by atoms with Gasteiger partial charge in [0.05, 0.1) is 18.6 Å². The van der Waals surface area contributed by atoms with Crippen LogP contribution in [0, 0.1) is 0 Å². The van der Waals surface area contributed by atoms with Gasteiger partial charge in [-0.3, -0.25) is 0 Å². The minimum Gasteiger partial charge on any atom is -0.489 e. The molecular formula is C31H42O5. The molecule has 2 aromatic rings. The van der Waals surface area contributed by atoms with Crippen molar-refractivity contribution in [3.63, 3.8) is 0 Å². The summed E-state index contributed by atoms with van der Waals surface area (Å²) in [4.78, 5) is 12.8. The number of benzene rings is 1. The third-order valence-electron chi connectivity index (χ3n) is 5.43. The number of ether oxygens (including phenoxy) is 3. The minimum atomic E-state index is -0.548. The summed E-state index contributed by atoms with van der Waals surface area (Å²) in [5, 5.41) is 0.689. The molecule has 1 heterocycles. The Labute approximate surface area is 216 Å². The van der Waals surface area contributed by atoms with Crippen LogP contribution in [0.15, 0.2) is 75.0 Å². The molecule has 36 heavy (non-hydrogen) atoms. The Balaban J connectivity index is 2.20. The van der Waals surface area contributed by atoms with E-state index in [1.807, 2.05) is 18.2 Å². The fourth-order valence-electron chi connectivity index (χ4n) is 3.49. The molecule has 0 atom stereocenters. The molecule has 0 fully saturated rings. The van der Waals surface area contributed by atoms with Crippen LogP contribution in [0.25, 0.3) is 11.0 Å². The van der Waals surface area contributed by atoms with Crippen LogP contribution in [0.2, 0.25) is 0 Å². The molecule has 0 saturated heterocycles. The Bertz CT molecular complexity index is 1110. The number of allylic oxidation sites excluding steroid dienone is 5. The van der Waals surface area contributed by atoms with E-state index >= 15 is 0 Å². The van der Waals surface area contributed by atoms with Crippen molar-refractivity contribution in [2.45, 2.75) is 73.1 Å².